The molecule has 1 aromatic rings. The largest absolute Gasteiger partial charge is 0.478 e. The maximum absolute atomic E-state index is 12.8. The van der Waals surface area contributed by atoms with Gasteiger partial charge in [-0.25, -0.2) is 4.79 Å². The van der Waals surface area contributed by atoms with Crippen molar-refractivity contribution in [3.63, 3.8) is 0 Å². The zero-order valence-electron chi connectivity index (χ0n) is 17.4. The molecule has 1 aliphatic carbocycles. The SMILES string of the molecule is C[C@@H](OCC1CCCCC1)[C@H](N)C(=O)N1CCC(c2ccc(C(=O)O)cc2)CC1. The van der Waals surface area contributed by atoms with Crippen molar-refractivity contribution >= 4 is 11.9 Å². The van der Waals surface area contributed by atoms with Crippen molar-refractivity contribution in [1.82, 2.24) is 4.90 Å². The average molecular weight is 403 g/mol. The Morgan fingerprint density at radius 2 is 1.72 bits per heavy atom. The Hall–Kier alpha value is -1.92. The number of aromatic carboxylic acids is 1. The second-order valence-electron chi connectivity index (χ2n) is 8.59. The number of ether oxygens (including phenoxy) is 1. The van der Waals surface area contributed by atoms with Crippen LogP contribution in [0.1, 0.15) is 73.7 Å². The second kappa shape index (κ2) is 10.2. The summed E-state index contributed by atoms with van der Waals surface area (Å²) in [5, 5.41) is 9.02. The molecule has 1 saturated heterocycles. The molecule has 0 bridgehead atoms. The van der Waals surface area contributed by atoms with Crippen LogP contribution >= 0.6 is 0 Å². The minimum absolute atomic E-state index is 0.0270. The summed E-state index contributed by atoms with van der Waals surface area (Å²) < 4.78 is 5.96. The Morgan fingerprint density at radius 3 is 2.31 bits per heavy atom. The Balaban J connectivity index is 1.45. The molecule has 0 spiro atoms. The van der Waals surface area contributed by atoms with Gasteiger partial charge >= 0.3 is 5.97 Å². The predicted molar refractivity (Wildman–Crippen MR) is 112 cm³/mol. The minimum Gasteiger partial charge on any atom is -0.478 e. The number of carbonyl (C=O) groups is 2. The van der Waals surface area contributed by atoms with Gasteiger partial charge in [0, 0.05) is 19.7 Å². The zero-order chi connectivity index (χ0) is 20.8. The molecule has 160 valence electrons. The quantitative estimate of drug-likeness (QED) is 0.729. The molecule has 3 N–H and O–H groups in total. The van der Waals surface area contributed by atoms with Crippen LogP contribution in [0.25, 0.3) is 0 Å². The third kappa shape index (κ3) is 5.80. The van der Waals surface area contributed by atoms with Gasteiger partial charge in [0.25, 0.3) is 0 Å². The lowest BCUT2D eigenvalue weighted by atomic mass is 9.88. The fourth-order valence-corrected chi connectivity index (χ4v) is 4.49. The van der Waals surface area contributed by atoms with Crippen LogP contribution in [0.4, 0.5) is 0 Å². The Bertz CT molecular complexity index is 677. The van der Waals surface area contributed by atoms with Crippen LogP contribution in [-0.4, -0.2) is 53.7 Å². The molecule has 2 fully saturated rings. The van der Waals surface area contributed by atoms with Crippen LogP contribution in [0.2, 0.25) is 0 Å². The number of likely N-dealkylation sites (tertiary alicyclic amines) is 1. The van der Waals surface area contributed by atoms with Crippen LogP contribution in [0.5, 0.6) is 0 Å². The summed E-state index contributed by atoms with van der Waals surface area (Å²) in [6, 6.07) is 6.45. The lowest BCUT2D eigenvalue weighted by Crippen LogP contribution is -2.52. The van der Waals surface area contributed by atoms with E-state index in [1.54, 1.807) is 12.1 Å². The number of hydrogen-bond acceptors (Lipinski definition) is 4. The van der Waals surface area contributed by atoms with E-state index in [1.807, 2.05) is 24.0 Å². The minimum atomic E-state index is -0.911. The van der Waals surface area contributed by atoms with Crippen molar-refractivity contribution in [3.8, 4) is 0 Å². The standard InChI is InChI=1S/C23H34N2O4/c1-16(29-15-17-5-3-2-4-6-17)21(24)22(26)25-13-11-19(12-14-25)18-7-9-20(10-8-18)23(27)28/h7-10,16-17,19,21H,2-6,11-15,24H2,1H3,(H,27,28)/t16-,21+/m1/s1. The number of nitrogens with two attached hydrogens (primary N) is 1. The first-order valence-electron chi connectivity index (χ1n) is 10.9. The highest BCUT2D eigenvalue weighted by Gasteiger charge is 2.30. The van der Waals surface area contributed by atoms with Crippen LogP contribution < -0.4 is 5.73 Å². The zero-order valence-corrected chi connectivity index (χ0v) is 17.4. The summed E-state index contributed by atoms with van der Waals surface area (Å²) in [5.74, 6) is 0.0152. The number of hydrogen-bond donors (Lipinski definition) is 2. The van der Waals surface area contributed by atoms with E-state index in [4.69, 9.17) is 15.6 Å². The number of carboxylic acids is 1. The molecule has 6 heteroatoms. The summed E-state index contributed by atoms with van der Waals surface area (Å²) in [5.41, 5.74) is 7.66. The molecule has 3 rings (SSSR count). The number of amides is 1. The first-order chi connectivity index (χ1) is 14.0. The van der Waals surface area contributed by atoms with Crippen LogP contribution in [-0.2, 0) is 9.53 Å². The lowest BCUT2D eigenvalue weighted by molar-refractivity contribution is -0.137. The van der Waals surface area contributed by atoms with Gasteiger partial charge in [0.2, 0.25) is 5.91 Å². The van der Waals surface area contributed by atoms with Crippen molar-refractivity contribution in [1.29, 1.82) is 0 Å². The third-order valence-corrected chi connectivity index (χ3v) is 6.55. The highest BCUT2D eigenvalue weighted by molar-refractivity contribution is 5.87. The first kappa shape index (κ1) is 21.8. The molecule has 29 heavy (non-hydrogen) atoms. The number of benzene rings is 1. The number of carbonyl (C=O) groups excluding carboxylic acids is 1. The number of nitrogens with zero attached hydrogens (tertiary/aromatic N) is 1. The molecule has 1 saturated carbocycles. The van der Waals surface area contributed by atoms with Crippen LogP contribution in [0, 0.1) is 5.92 Å². The van der Waals surface area contributed by atoms with E-state index in [0.29, 0.717) is 37.1 Å². The Kier molecular flexibility index (Phi) is 7.67. The van der Waals surface area contributed by atoms with Gasteiger partial charge < -0.3 is 20.5 Å². The molecular weight excluding hydrogens is 368 g/mol. The van der Waals surface area contributed by atoms with Crippen molar-refractivity contribution < 1.29 is 19.4 Å². The molecular formula is C23H34N2O4. The molecule has 0 unspecified atom stereocenters. The first-order valence-corrected chi connectivity index (χ1v) is 10.9. The van der Waals surface area contributed by atoms with Gasteiger partial charge in [-0.15, -0.1) is 0 Å². The monoisotopic (exact) mass is 402 g/mol. The normalized spacial score (nSPS) is 21.0. The van der Waals surface area contributed by atoms with Gasteiger partial charge in [-0.3, -0.25) is 4.79 Å². The Labute approximate surface area is 173 Å². The fraction of sp³-hybridized carbons (Fsp3) is 0.652. The maximum Gasteiger partial charge on any atom is 0.335 e. The van der Waals surface area contributed by atoms with E-state index >= 15 is 0 Å². The average Bonchev–Trinajstić information content (AvgIpc) is 2.77. The van der Waals surface area contributed by atoms with Gasteiger partial charge in [0.05, 0.1) is 11.7 Å². The van der Waals surface area contributed by atoms with Crippen molar-refractivity contribution in [2.24, 2.45) is 11.7 Å². The predicted octanol–water partition coefficient (Wildman–Crippen LogP) is 3.40. The molecule has 6 nitrogen and oxygen atoms in total. The molecule has 1 heterocycles. The molecule has 1 aromatic carbocycles. The fourth-order valence-electron chi connectivity index (χ4n) is 4.49. The van der Waals surface area contributed by atoms with E-state index in [0.717, 1.165) is 18.4 Å². The van der Waals surface area contributed by atoms with Gasteiger partial charge in [-0.05, 0) is 62.1 Å². The van der Waals surface area contributed by atoms with E-state index in [-0.39, 0.29) is 12.0 Å². The topological polar surface area (TPSA) is 92.9 Å². The lowest BCUT2D eigenvalue weighted by Gasteiger charge is -2.35. The van der Waals surface area contributed by atoms with Crippen LogP contribution in [0.3, 0.4) is 0 Å². The molecule has 2 atom stereocenters. The molecule has 0 aromatic heterocycles. The molecule has 0 radical (unpaired) electrons. The smallest absolute Gasteiger partial charge is 0.335 e. The molecule has 1 amide bonds. The highest BCUT2D eigenvalue weighted by Crippen LogP contribution is 2.29. The molecule has 1 aliphatic heterocycles. The summed E-state index contributed by atoms with van der Waals surface area (Å²) in [6.07, 6.45) is 7.77. The molecule has 2 aliphatic rings. The van der Waals surface area contributed by atoms with E-state index in [2.05, 4.69) is 0 Å². The Morgan fingerprint density at radius 1 is 1.10 bits per heavy atom. The van der Waals surface area contributed by atoms with Gasteiger partial charge in [0.15, 0.2) is 0 Å². The van der Waals surface area contributed by atoms with Crippen molar-refractivity contribution in [2.75, 3.05) is 19.7 Å². The highest BCUT2D eigenvalue weighted by atomic mass is 16.5. The maximum atomic E-state index is 12.8. The van der Waals surface area contributed by atoms with Crippen LogP contribution in [0.15, 0.2) is 24.3 Å². The van der Waals surface area contributed by atoms with Gasteiger partial charge in [-0.2, -0.15) is 0 Å². The number of carboxylic acid groups (broad SMARTS) is 1. The van der Waals surface area contributed by atoms with E-state index < -0.39 is 12.0 Å². The van der Waals surface area contributed by atoms with Gasteiger partial charge in [-0.1, -0.05) is 31.4 Å². The van der Waals surface area contributed by atoms with Crippen molar-refractivity contribution in [2.45, 2.75) is 69.9 Å². The van der Waals surface area contributed by atoms with E-state index in [9.17, 15) is 9.59 Å². The van der Waals surface area contributed by atoms with Crippen molar-refractivity contribution in [3.05, 3.63) is 35.4 Å². The third-order valence-electron chi connectivity index (χ3n) is 6.55. The van der Waals surface area contributed by atoms with E-state index in [1.165, 1.54) is 32.1 Å². The number of piperidine rings is 1. The summed E-state index contributed by atoms with van der Waals surface area (Å²) in [4.78, 5) is 25.7. The summed E-state index contributed by atoms with van der Waals surface area (Å²) in [6.45, 7) is 3.96. The summed E-state index contributed by atoms with van der Waals surface area (Å²) >= 11 is 0. The summed E-state index contributed by atoms with van der Waals surface area (Å²) in [7, 11) is 0. The van der Waals surface area contributed by atoms with Gasteiger partial charge in [0.1, 0.15) is 6.04 Å². The number of rotatable bonds is 7. The second-order valence-corrected chi connectivity index (χ2v) is 8.59.